The van der Waals surface area contributed by atoms with Crippen molar-refractivity contribution in [2.75, 3.05) is 0 Å². The Morgan fingerprint density at radius 3 is 2.60 bits per heavy atom. The standard InChI is InChI=1S/C19H18N4O2/c1-12(2)14-9-7-13(8-10-14)11-20-23-19(25)17-21-16-6-4-3-5-15(16)18(24)22-17/h3-12H,1-2H3,(H,23,25)(H,21,22,24)/b20-11-. The van der Waals surface area contributed by atoms with Crippen molar-refractivity contribution in [2.45, 2.75) is 19.8 Å². The van der Waals surface area contributed by atoms with Crippen molar-refractivity contribution >= 4 is 23.0 Å². The van der Waals surface area contributed by atoms with E-state index in [1.807, 2.05) is 24.3 Å². The van der Waals surface area contributed by atoms with Crippen molar-refractivity contribution in [3.63, 3.8) is 0 Å². The van der Waals surface area contributed by atoms with Crippen LogP contribution in [0.5, 0.6) is 0 Å². The molecule has 0 fully saturated rings. The van der Waals surface area contributed by atoms with Gasteiger partial charge in [-0.05, 0) is 29.2 Å². The molecule has 1 amide bonds. The fourth-order valence-corrected chi connectivity index (χ4v) is 2.38. The molecule has 2 aromatic carbocycles. The lowest BCUT2D eigenvalue weighted by Crippen LogP contribution is -2.24. The Morgan fingerprint density at radius 2 is 1.88 bits per heavy atom. The second-order valence-electron chi connectivity index (χ2n) is 5.95. The molecule has 126 valence electrons. The average Bonchev–Trinajstić information content (AvgIpc) is 2.62. The van der Waals surface area contributed by atoms with Gasteiger partial charge < -0.3 is 4.98 Å². The molecule has 0 radical (unpaired) electrons. The van der Waals surface area contributed by atoms with Gasteiger partial charge in [0, 0.05) is 0 Å². The number of aromatic nitrogens is 2. The molecule has 2 N–H and O–H groups in total. The molecular weight excluding hydrogens is 316 g/mol. The lowest BCUT2D eigenvalue weighted by atomic mass is 10.0. The van der Waals surface area contributed by atoms with E-state index in [0.29, 0.717) is 16.8 Å². The zero-order chi connectivity index (χ0) is 17.8. The van der Waals surface area contributed by atoms with Gasteiger partial charge in [-0.3, -0.25) is 9.59 Å². The molecule has 0 saturated carbocycles. The number of nitrogens with zero attached hydrogens (tertiary/aromatic N) is 2. The van der Waals surface area contributed by atoms with E-state index < -0.39 is 5.91 Å². The topological polar surface area (TPSA) is 87.2 Å². The lowest BCUT2D eigenvalue weighted by molar-refractivity contribution is 0.0945. The second kappa shape index (κ2) is 7.09. The Labute approximate surface area is 144 Å². The van der Waals surface area contributed by atoms with Crippen LogP contribution in [0.1, 0.15) is 41.5 Å². The first-order valence-electron chi connectivity index (χ1n) is 7.97. The number of hydrazone groups is 1. The lowest BCUT2D eigenvalue weighted by Gasteiger charge is -2.04. The molecule has 0 saturated heterocycles. The van der Waals surface area contributed by atoms with Crippen LogP contribution in [-0.4, -0.2) is 22.1 Å². The third-order valence-corrected chi connectivity index (χ3v) is 3.81. The van der Waals surface area contributed by atoms with Crippen LogP contribution in [0.3, 0.4) is 0 Å². The monoisotopic (exact) mass is 334 g/mol. The first-order valence-corrected chi connectivity index (χ1v) is 7.97. The van der Waals surface area contributed by atoms with E-state index in [9.17, 15) is 9.59 Å². The predicted octanol–water partition coefficient (Wildman–Crippen LogP) is 2.81. The van der Waals surface area contributed by atoms with E-state index in [-0.39, 0.29) is 11.4 Å². The minimum Gasteiger partial charge on any atom is -0.302 e. The molecule has 6 nitrogen and oxygen atoms in total. The molecule has 6 heteroatoms. The summed E-state index contributed by atoms with van der Waals surface area (Å²) in [7, 11) is 0. The Balaban J connectivity index is 1.73. The van der Waals surface area contributed by atoms with E-state index in [1.54, 1.807) is 30.5 Å². The highest BCUT2D eigenvalue weighted by Gasteiger charge is 2.10. The van der Waals surface area contributed by atoms with Gasteiger partial charge in [-0.1, -0.05) is 50.2 Å². The average molecular weight is 334 g/mol. The van der Waals surface area contributed by atoms with Crippen molar-refractivity contribution in [1.82, 2.24) is 15.4 Å². The molecule has 0 spiro atoms. The molecule has 0 aliphatic rings. The number of fused-ring (bicyclic) bond motifs is 1. The maximum Gasteiger partial charge on any atom is 0.307 e. The number of aromatic amines is 1. The Bertz CT molecular complexity index is 988. The molecule has 0 atom stereocenters. The number of para-hydroxylation sites is 1. The van der Waals surface area contributed by atoms with Crippen molar-refractivity contribution < 1.29 is 4.79 Å². The number of benzene rings is 2. The fourth-order valence-electron chi connectivity index (χ4n) is 2.38. The molecule has 0 unspecified atom stereocenters. The van der Waals surface area contributed by atoms with Gasteiger partial charge in [0.15, 0.2) is 0 Å². The number of nitrogens with one attached hydrogen (secondary N) is 2. The van der Waals surface area contributed by atoms with Gasteiger partial charge in [0.1, 0.15) is 0 Å². The molecule has 3 aromatic rings. The summed E-state index contributed by atoms with van der Waals surface area (Å²) in [4.78, 5) is 30.7. The molecule has 0 aliphatic carbocycles. The summed E-state index contributed by atoms with van der Waals surface area (Å²) in [6.45, 7) is 4.25. The molecule has 0 bridgehead atoms. The molecule has 1 heterocycles. The smallest absolute Gasteiger partial charge is 0.302 e. The van der Waals surface area contributed by atoms with E-state index in [2.05, 4.69) is 34.3 Å². The van der Waals surface area contributed by atoms with Gasteiger partial charge in [-0.15, -0.1) is 0 Å². The molecular formula is C19H18N4O2. The maximum atomic E-state index is 12.1. The zero-order valence-corrected chi connectivity index (χ0v) is 14.0. The maximum absolute atomic E-state index is 12.1. The summed E-state index contributed by atoms with van der Waals surface area (Å²) in [6, 6.07) is 14.8. The number of H-pyrrole nitrogens is 1. The van der Waals surface area contributed by atoms with Crippen molar-refractivity contribution in [3.8, 4) is 0 Å². The van der Waals surface area contributed by atoms with Gasteiger partial charge in [-0.25, -0.2) is 10.4 Å². The van der Waals surface area contributed by atoms with Gasteiger partial charge in [-0.2, -0.15) is 5.10 Å². The van der Waals surface area contributed by atoms with Crippen molar-refractivity contribution in [2.24, 2.45) is 5.10 Å². The molecule has 25 heavy (non-hydrogen) atoms. The number of rotatable bonds is 4. The van der Waals surface area contributed by atoms with Gasteiger partial charge in [0.2, 0.25) is 5.82 Å². The van der Waals surface area contributed by atoms with Crippen LogP contribution in [-0.2, 0) is 0 Å². The Morgan fingerprint density at radius 1 is 1.16 bits per heavy atom. The number of carbonyl (C=O) groups is 1. The number of carbonyl (C=O) groups excluding carboxylic acids is 1. The van der Waals surface area contributed by atoms with Crippen LogP contribution < -0.4 is 11.0 Å². The van der Waals surface area contributed by atoms with Crippen LogP contribution >= 0.6 is 0 Å². The highest BCUT2D eigenvalue weighted by atomic mass is 16.2. The summed E-state index contributed by atoms with van der Waals surface area (Å²) in [5, 5.41) is 4.35. The quantitative estimate of drug-likeness (QED) is 0.568. The second-order valence-corrected chi connectivity index (χ2v) is 5.95. The predicted molar refractivity (Wildman–Crippen MR) is 98.0 cm³/mol. The van der Waals surface area contributed by atoms with Crippen LogP contribution in [0.4, 0.5) is 0 Å². The third kappa shape index (κ3) is 3.80. The summed E-state index contributed by atoms with van der Waals surface area (Å²) in [6.07, 6.45) is 1.54. The molecule has 0 aliphatic heterocycles. The van der Waals surface area contributed by atoms with Crippen molar-refractivity contribution in [3.05, 3.63) is 75.8 Å². The van der Waals surface area contributed by atoms with Crippen LogP contribution in [0.2, 0.25) is 0 Å². The highest BCUT2D eigenvalue weighted by Crippen LogP contribution is 2.13. The number of amides is 1. The number of hydrogen-bond donors (Lipinski definition) is 2. The van der Waals surface area contributed by atoms with E-state index in [4.69, 9.17) is 0 Å². The minimum absolute atomic E-state index is 0.0731. The summed E-state index contributed by atoms with van der Waals surface area (Å²) in [5.41, 5.74) is 4.58. The molecule has 1 aromatic heterocycles. The van der Waals surface area contributed by atoms with Crippen LogP contribution in [0.15, 0.2) is 58.4 Å². The normalized spacial score (nSPS) is 11.3. The fraction of sp³-hybridized carbons (Fsp3) is 0.158. The van der Waals surface area contributed by atoms with E-state index in [0.717, 1.165) is 5.56 Å². The minimum atomic E-state index is -0.571. The van der Waals surface area contributed by atoms with Crippen LogP contribution in [0.25, 0.3) is 10.9 Å². The Kier molecular flexibility index (Phi) is 4.70. The largest absolute Gasteiger partial charge is 0.307 e. The summed E-state index contributed by atoms with van der Waals surface area (Å²) in [5.74, 6) is -0.185. The van der Waals surface area contributed by atoms with E-state index >= 15 is 0 Å². The van der Waals surface area contributed by atoms with Crippen LogP contribution in [0, 0.1) is 0 Å². The Hall–Kier alpha value is -3.28. The first-order chi connectivity index (χ1) is 12.0. The number of hydrogen-bond acceptors (Lipinski definition) is 4. The summed E-state index contributed by atoms with van der Waals surface area (Å²) >= 11 is 0. The molecule has 3 rings (SSSR count). The third-order valence-electron chi connectivity index (χ3n) is 3.81. The van der Waals surface area contributed by atoms with E-state index in [1.165, 1.54) is 5.56 Å². The van der Waals surface area contributed by atoms with Gasteiger partial charge in [0.25, 0.3) is 5.56 Å². The summed E-state index contributed by atoms with van der Waals surface area (Å²) < 4.78 is 0. The van der Waals surface area contributed by atoms with Gasteiger partial charge in [0.05, 0.1) is 17.1 Å². The highest BCUT2D eigenvalue weighted by molar-refractivity contribution is 5.93. The van der Waals surface area contributed by atoms with Crippen molar-refractivity contribution in [1.29, 1.82) is 0 Å². The van der Waals surface area contributed by atoms with Gasteiger partial charge >= 0.3 is 5.91 Å². The first kappa shape index (κ1) is 16.6. The zero-order valence-electron chi connectivity index (χ0n) is 14.0. The SMILES string of the molecule is CC(C)c1ccc(/C=N\NC(=O)c2nc3ccccc3c(=O)[nH]2)cc1.